The maximum absolute atomic E-state index is 13.3. The Morgan fingerprint density at radius 2 is 2.03 bits per heavy atom. The average Bonchev–Trinajstić information content (AvgIpc) is 3.31. The minimum atomic E-state index is -4.68. The van der Waals surface area contributed by atoms with Crippen LogP contribution >= 0.6 is 23.2 Å². The highest BCUT2D eigenvalue weighted by molar-refractivity contribution is 6.34. The lowest BCUT2D eigenvalue weighted by molar-refractivity contribution is -0.138. The molecule has 3 aromatic rings. The number of rotatable bonds is 1. The smallest absolute Gasteiger partial charge is 0.417 e. The van der Waals surface area contributed by atoms with Gasteiger partial charge in [-0.3, -0.25) is 4.79 Å². The van der Waals surface area contributed by atoms with E-state index in [2.05, 4.69) is 16.8 Å². The molecule has 1 fully saturated rings. The van der Waals surface area contributed by atoms with Crippen LogP contribution in [-0.2, 0) is 6.18 Å². The van der Waals surface area contributed by atoms with Crippen molar-refractivity contribution in [2.75, 3.05) is 13.1 Å². The molecule has 1 saturated heterocycles. The fourth-order valence-corrected chi connectivity index (χ4v) is 3.73. The topological polar surface area (TPSA) is 46.3 Å². The fourth-order valence-electron chi connectivity index (χ4n) is 3.31. The molecule has 1 aliphatic heterocycles. The van der Waals surface area contributed by atoms with Gasteiger partial charge in [0.15, 0.2) is 5.58 Å². The Balaban J connectivity index is 1.52. The molecule has 1 aromatic heterocycles. The number of hydrogen-bond donors (Lipinski definition) is 0. The van der Waals surface area contributed by atoms with Crippen LogP contribution in [0.25, 0.3) is 11.1 Å². The highest BCUT2D eigenvalue weighted by Crippen LogP contribution is 2.36. The third-order valence-electron chi connectivity index (χ3n) is 4.74. The summed E-state index contributed by atoms with van der Waals surface area (Å²) < 4.78 is 45.4. The first-order chi connectivity index (χ1) is 14.2. The Bertz CT molecular complexity index is 1190. The molecule has 1 amide bonds. The van der Waals surface area contributed by atoms with E-state index in [0.29, 0.717) is 22.5 Å². The summed E-state index contributed by atoms with van der Waals surface area (Å²) >= 11 is 11.8. The SMILES string of the molecule is O=C(c1c(Cl)cccc1C(F)(F)F)N1CC[C@@H](C#Cc2nc3ccc(Cl)cc3o2)C1. The third-order valence-corrected chi connectivity index (χ3v) is 5.29. The van der Waals surface area contributed by atoms with E-state index < -0.39 is 23.2 Å². The van der Waals surface area contributed by atoms with Crippen molar-refractivity contribution < 1.29 is 22.4 Å². The summed E-state index contributed by atoms with van der Waals surface area (Å²) in [6.07, 6.45) is -4.15. The molecule has 0 N–H and O–H groups in total. The van der Waals surface area contributed by atoms with E-state index in [9.17, 15) is 18.0 Å². The Hall–Kier alpha value is -2.69. The maximum atomic E-state index is 13.3. The third kappa shape index (κ3) is 4.11. The number of carbonyl (C=O) groups excluding carboxylic acids is 1. The summed E-state index contributed by atoms with van der Waals surface area (Å²) in [6, 6.07) is 8.33. The number of nitrogens with zero attached hydrogens (tertiary/aromatic N) is 2. The van der Waals surface area contributed by atoms with E-state index in [4.69, 9.17) is 27.6 Å². The number of amides is 1. The number of fused-ring (bicyclic) bond motifs is 1. The van der Waals surface area contributed by atoms with Gasteiger partial charge in [-0.1, -0.05) is 35.2 Å². The lowest BCUT2D eigenvalue weighted by Gasteiger charge is -2.20. The average molecular weight is 453 g/mol. The summed E-state index contributed by atoms with van der Waals surface area (Å²) in [5, 5.41) is 0.287. The van der Waals surface area contributed by atoms with E-state index in [0.717, 1.165) is 6.07 Å². The van der Waals surface area contributed by atoms with Crippen molar-refractivity contribution in [1.82, 2.24) is 9.88 Å². The zero-order valence-electron chi connectivity index (χ0n) is 15.3. The highest BCUT2D eigenvalue weighted by Gasteiger charge is 2.38. The van der Waals surface area contributed by atoms with E-state index in [1.54, 1.807) is 18.2 Å². The van der Waals surface area contributed by atoms with Crippen molar-refractivity contribution >= 4 is 40.2 Å². The molecule has 9 heteroatoms. The Morgan fingerprint density at radius 1 is 1.23 bits per heavy atom. The molecule has 0 unspecified atom stereocenters. The quantitative estimate of drug-likeness (QED) is 0.447. The van der Waals surface area contributed by atoms with Crippen LogP contribution in [0.4, 0.5) is 13.2 Å². The largest absolute Gasteiger partial charge is 0.430 e. The van der Waals surface area contributed by atoms with E-state index >= 15 is 0 Å². The van der Waals surface area contributed by atoms with Crippen LogP contribution in [0.1, 0.15) is 28.2 Å². The summed E-state index contributed by atoms with van der Waals surface area (Å²) in [4.78, 5) is 18.3. The predicted molar refractivity (Wildman–Crippen MR) is 106 cm³/mol. The molecule has 30 heavy (non-hydrogen) atoms. The second kappa shape index (κ2) is 7.86. The normalized spacial score (nSPS) is 16.6. The summed E-state index contributed by atoms with van der Waals surface area (Å²) in [6.45, 7) is 0.476. The first-order valence-electron chi connectivity index (χ1n) is 8.95. The van der Waals surface area contributed by atoms with E-state index in [1.165, 1.54) is 17.0 Å². The molecule has 4 rings (SSSR count). The number of alkyl halides is 3. The second-order valence-corrected chi connectivity index (χ2v) is 7.64. The zero-order chi connectivity index (χ0) is 21.5. The van der Waals surface area contributed by atoms with Gasteiger partial charge in [0.25, 0.3) is 11.8 Å². The van der Waals surface area contributed by atoms with Gasteiger partial charge in [-0.15, -0.1) is 0 Å². The van der Waals surface area contributed by atoms with Crippen LogP contribution in [0.15, 0.2) is 40.8 Å². The van der Waals surface area contributed by atoms with E-state index in [-0.39, 0.29) is 29.9 Å². The number of oxazole rings is 1. The molecule has 0 saturated carbocycles. The number of hydrogen-bond acceptors (Lipinski definition) is 3. The van der Waals surface area contributed by atoms with Crippen molar-refractivity contribution in [3.63, 3.8) is 0 Å². The van der Waals surface area contributed by atoms with Crippen LogP contribution in [-0.4, -0.2) is 28.9 Å². The molecule has 1 atom stereocenters. The van der Waals surface area contributed by atoms with Gasteiger partial charge in [0.2, 0.25) is 0 Å². The van der Waals surface area contributed by atoms with Gasteiger partial charge in [-0.2, -0.15) is 13.2 Å². The molecule has 1 aliphatic rings. The minimum absolute atomic E-state index is 0.195. The predicted octanol–water partition coefficient (Wildman–Crippen LogP) is 5.67. The maximum Gasteiger partial charge on any atom is 0.417 e. The number of likely N-dealkylation sites (tertiary alicyclic amines) is 1. The highest BCUT2D eigenvalue weighted by atomic mass is 35.5. The molecule has 154 valence electrons. The molecule has 2 heterocycles. The number of aromatic nitrogens is 1. The number of carbonyl (C=O) groups is 1. The first kappa shape index (κ1) is 20.6. The Labute approximate surface area is 179 Å². The van der Waals surface area contributed by atoms with Gasteiger partial charge in [0.05, 0.1) is 16.1 Å². The Morgan fingerprint density at radius 3 is 2.80 bits per heavy atom. The van der Waals surface area contributed by atoms with Crippen molar-refractivity contribution in [3.8, 4) is 11.8 Å². The molecular formula is C21H13Cl2F3N2O2. The lowest BCUT2D eigenvalue weighted by atomic mass is 10.1. The number of benzene rings is 2. The monoisotopic (exact) mass is 452 g/mol. The summed E-state index contributed by atoms with van der Waals surface area (Å²) in [5.74, 6) is 5.04. The lowest BCUT2D eigenvalue weighted by Crippen LogP contribution is -2.30. The Kier molecular flexibility index (Phi) is 5.39. The molecule has 0 bridgehead atoms. The van der Waals surface area contributed by atoms with Gasteiger partial charge >= 0.3 is 6.18 Å². The van der Waals surface area contributed by atoms with E-state index in [1.807, 2.05) is 0 Å². The molecular weight excluding hydrogens is 440 g/mol. The van der Waals surface area contributed by atoms with Crippen LogP contribution < -0.4 is 0 Å². The van der Waals surface area contributed by atoms with Crippen molar-refractivity contribution in [2.24, 2.45) is 5.92 Å². The second-order valence-electron chi connectivity index (χ2n) is 6.80. The van der Waals surface area contributed by atoms with Gasteiger partial charge in [0.1, 0.15) is 5.52 Å². The van der Waals surface area contributed by atoms with Crippen LogP contribution in [0.5, 0.6) is 0 Å². The zero-order valence-corrected chi connectivity index (χ0v) is 16.8. The van der Waals surface area contributed by atoms with Crippen LogP contribution in [0.2, 0.25) is 10.0 Å². The standard InChI is InChI=1S/C21H13Cl2F3N2O2/c22-13-5-6-16-17(10-13)30-18(27-16)7-4-12-8-9-28(11-12)20(29)19-14(21(24,25)26)2-1-3-15(19)23/h1-3,5-6,10,12H,8-9,11H2/t12-/m1/s1. The van der Waals surface area contributed by atoms with Gasteiger partial charge in [0, 0.05) is 30.1 Å². The van der Waals surface area contributed by atoms with Gasteiger partial charge in [-0.05, 0) is 36.6 Å². The molecule has 0 aliphatic carbocycles. The molecule has 0 spiro atoms. The van der Waals surface area contributed by atoms with Crippen LogP contribution in [0, 0.1) is 17.8 Å². The van der Waals surface area contributed by atoms with Crippen molar-refractivity contribution in [2.45, 2.75) is 12.6 Å². The summed E-state index contributed by atoms with van der Waals surface area (Å²) in [7, 11) is 0. The van der Waals surface area contributed by atoms with Crippen molar-refractivity contribution in [1.29, 1.82) is 0 Å². The van der Waals surface area contributed by atoms with Crippen LogP contribution in [0.3, 0.4) is 0 Å². The molecule has 2 aromatic carbocycles. The van der Waals surface area contributed by atoms with Crippen molar-refractivity contribution in [3.05, 3.63) is 63.5 Å². The van der Waals surface area contributed by atoms with Gasteiger partial charge in [-0.25, -0.2) is 4.98 Å². The van der Waals surface area contributed by atoms with Gasteiger partial charge < -0.3 is 9.32 Å². The minimum Gasteiger partial charge on any atom is -0.430 e. The number of halogens is 5. The summed E-state index contributed by atoms with van der Waals surface area (Å²) in [5.41, 5.74) is -0.450. The fraction of sp³-hybridized carbons (Fsp3) is 0.238. The molecule has 0 radical (unpaired) electrons. The molecule has 4 nitrogen and oxygen atoms in total. The first-order valence-corrected chi connectivity index (χ1v) is 9.70.